The summed E-state index contributed by atoms with van der Waals surface area (Å²) in [6.07, 6.45) is 0.613. The molecule has 0 aromatic carbocycles. The lowest BCUT2D eigenvalue weighted by Gasteiger charge is -2.34. The van der Waals surface area contributed by atoms with E-state index in [0.29, 0.717) is 37.4 Å². The van der Waals surface area contributed by atoms with Gasteiger partial charge in [-0.25, -0.2) is 0 Å². The minimum atomic E-state index is -0.0887. The van der Waals surface area contributed by atoms with Gasteiger partial charge in [-0.1, -0.05) is 5.16 Å². The number of hydrogen-bond acceptors (Lipinski definition) is 7. The van der Waals surface area contributed by atoms with E-state index in [1.165, 1.54) is 0 Å². The van der Waals surface area contributed by atoms with Crippen LogP contribution in [0.25, 0.3) is 0 Å². The average molecular weight is 296 g/mol. The molecule has 118 valence electrons. The molecular weight excluding hydrogens is 272 g/mol. The van der Waals surface area contributed by atoms with Crippen LogP contribution >= 0.6 is 0 Å². The van der Waals surface area contributed by atoms with Gasteiger partial charge in [0.25, 0.3) is 0 Å². The molecule has 2 aliphatic heterocycles. The smallest absolute Gasteiger partial charge is 0.228 e. The van der Waals surface area contributed by atoms with Gasteiger partial charge in [-0.05, 0) is 13.8 Å². The van der Waals surface area contributed by atoms with Crippen LogP contribution in [0.4, 0.5) is 0 Å². The summed E-state index contributed by atoms with van der Waals surface area (Å²) >= 11 is 0. The number of aromatic nitrogens is 2. The van der Waals surface area contributed by atoms with Crippen molar-refractivity contribution in [3.8, 4) is 0 Å². The maximum atomic E-state index is 5.78. The van der Waals surface area contributed by atoms with Crippen molar-refractivity contribution < 1.29 is 14.0 Å². The number of nitrogens with one attached hydrogen (secondary N) is 1. The molecule has 3 rings (SSSR count). The van der Waals surface area contributed by atoms with E-state index >= 15 is 0 Å². The average Bonchev–Trinajstić information content (AvgIpc) is 2.97. The van der Waals surface area contributed by atoms with Crippen molar-refractivity contribution in [1.29, 1.82) is 0 Å². The lowest BCUT2D eigenvalue weighted by molar-refractivity contribution is -0.0450. The molecule has 2 saturated heterocycles. The Bertz CT molecular complexity index is 445. The molecular formula is C14H24N4O3. The van der Waals surface area contributed by atoms with Gasteiger partial charge in [-0.15, -0.1) is 0 Å². The Balaban J connectivity index is 1.58. The van der Waals surface area contributed by atoms with Crippen molar-refractivity contribution in [2.75, 3.05) is 39.5 Å². The van der Waals surface area contributed by atoms with Crippen molar-refractivity contribution in [2.24, 2.45) is 0 Å². The first kappa shape index (κ1) is 14.9. The van der Waals surface area contributed by atoms with Crippen LogP contribution < -0.4 is 5.32 Å². The predicted octanol–water partition coefficient (Wildman–Crippen LogP) is 0.382. The van der Waals surface area contributed by atoms with E-state index < -0.39 is 0 Å². The van der Waals surface area contributed by atoms with Gasteiger partial charge in [0.1, 0.15) is 6.10 Å². The van der Waals surface area contributed by atoms with Crippen LogP contribution in [0.1, 0.15) is 31.7 Å². The zero-order valence-corrected chi connectivity index (χ0v) is 12.7. The Morgan fingerprint density at radius 3 is 3.05 bits per heavy atom. The molecule has 1 aromatic heterocycles. The lowest BCUT2D eigenvalue weighted by atomic mass is 10.2. The molecule has 0 amide bonds. The van der Waals surface area contributed by atoms with Gasteiger partial charge in [0.2, 0.25) is 11.7 Å². The van der Waals surface area contributed by atoms with Crippen molar-refractivity contribution in [1.82, 2.24) is 20.4 Å². The molecule has 0 aliphatic carbocycles. The summed E-state index contributed by atoms with van der Waals surface area (Å²) in [5, 5.41) is 7.48. The van der Waals surface area contributed by atoms with Gasteiger partial charge in [-0.2, -0.15) is 4.98 Å². The molecule has 1 aromatic rings. The summed E-state index contributed by atoms with van der Waals surface area (Å²) in [6, 6.07) is 0.762. The second-order valence-electron chi connectivity index (χ2n) is 5.92. The Kier molecular flexibility index (Phi) is 4.84. The summed E-state index contributed by atoms with van der Waals surface area (Å²) in [7, 11) is 0. The fraction of sp³-hybridized carbons (Fsp3) is 0.857. The summed E-state index contributed by atoms with van der Waals surface area (Å²) < 4.78 is 16.6. The highest BCUT2D eigenvalue weighted by atomic mass is 16.5. The molecule has 21 heavy (non-hydrogen) atoms. The van der Waals surface area contributed by atoms with E-state index in [-0.39, 0.29) is 12.1 Å². The molecule has 7 nitrogen and oxygen atoms in total. The first-order chi connectivity index (χ1) is 10.2. The second kappa shape index (κ2) is 6.83. The number of hydrogen-bond donors (Lipinski definition) is 1. The third-order valence-corrected chi connectivity index (χ3v) is 4.02. The third-order valence-electron chi connectivity index (χ3n) is 4.02. The highest BCUT2D eigenvalue weighted by Crippen LogP contribution is 2.21. The SMILES string of the molecule is CC(C)N1CCOC(c2noc(CC3COCCN3)n2)C1. The van der Waals surface area contributed by atoms with Crippen LogP contribution in [0.3, 0.4) is 0 Å². The van der Waals surface area contributed by atoms with Crippen LogP contribution in [-0.2, 0) is 15.9 Å². The molecule has 2 unspecified atom stereocenters. The zero-order valence-electron chi connectivity index (χ0n) is 12.7. The van der Waals surface area contributed by atoms with Gasteiger partial charge in [0.05, 0.1) is 19.8 Å². The molecule has 3 heterocycles. The molecule has 0 radical (unpaired) electrons. The van der Waals surface area contributed by atoms with Crippen molar-refractivity contribution in [2.45, 2.75) is 38.5 Å². The minimum Gasteiger partial charge on any atom is -0.378 e. The van der Waals surface area contributed by atoms with Crippen LogP contribution in [0.5, 0.6) is 0 Å². The first-order valence-corrected chi connectivity index (χ1v) is 7.71. The monoisotopic (exact) mass is 296 g/mol. The molecule has 0 spiro atoms. The van der Waals surface area contributed by atoms with Crippen molar-refractivity contribution in [3.05, 3.63) is 11.7 Å². The van der Waals surface area contributed by atoms with Crippen molar-refractivity contribution in [3.63, 3.8) is 0 Å². The molecule has 2 fully saturated rings. The largest absolute Gasteiger partial charge is 0.378 e. The number of rotatable bonds is 4. The summed E-state index contributed by atoms with van der Waals surface area (Å²) in [5.74, 6) is 1.31. The molecule has 7 heteroatoms. The van der Waals surface area contributed by atoms with Gasteiger partial charge in [-0.3, -0.25) is 4.90 Å². The van der Waals surface area contributed by atoms with Crippen molar-refractivity contribution >= 4 is 0 Å². The Morgan fingerprint density at radius 2 is 2.29 bits per heavy atom. The summed E-state index contributed by atoms with van der Waals surface area (Å²) in [6.45, 7) is 9.22. The van der Waals surface area contributed by atoms with E-state index in [4.69, 9.17) is 14.0 Å². The normalized spacial score (nSPS) is 28.1. The van der Waals surface area contributed by atoms with Crippen LogP contribution in [-0.4, -0.2) is 66.6 Å². The minimum absolute atomic E-state index is 0.0887. The molecule has 2 atom stereocenters. The maximum absolute atomic E-state index is 5.78. The topological polar surface area (TPSA) is 72.7 Å². The quantitative estimate of drug-likeness (QED) is 0.861. The van der Waals surface area contributed by atoms with E-state index in [9.17, 15) is 0 Å². The maximum Gasteiger partial charge on any atom is 0.228 e. The van der Waals surface area contributed by atoms with Gasteiger partial charge in [0.15, 0.2) is 0 Å². The summed E-state index contributed by atoms with van der Waals surface area (Å²) in [5.41, 5.74) is 0. The Morgan fingerprint density at radius 1 is 1.38 bits per heavy atom. The second-order valence-corrected chi connectivity index (χ2v) is 5.92. The van der Waals surface area contributed by atoms with E-state index in [2.05, 4.69) is 34.2 Å². The summed E-state index contributed by atoms with van der Waals surface area (Å²) in [4.78, 5) is 6.87. The third kappa shape index (κ3) is 3.79. The highest BCUT2D eigenvalue weighted by Gasteiger charge is 2.28. The zero-order chi connectivity index (χ0) is 14.7. The Labute approximate surface area is 125 Å². The van der Waals surface area contributed by atoms with Crippen LogP contribution in [0.15, 0.2) is 4.52 Å². The lowest BCUT2D eigenvalue weighted by Crippen LogP contribution is -2.43. The van der Waals surface area contributed by atoms with Gasteiger partial charge >= 0.3 is 0 Å². The van der Waals surface area contributed by atoms with Crippen LogP contribution in [0.2, 0.25) is 0 Å². The fourth-order valence-electron chi connectivity index (χ4n) is 2.74. The van der Waals surface area contributed by atoms with E-state index in [0.717, 1.165) is 26.2 Å². The van der Waals surface area contributed by atoms with Gasteiger partial charge in [0, 0.05) is 38.1 Å². The number of ether oxygens (including phenoxy) is 2. The first-order valence-electron chi connectivity index (χ1n) is 7.71. The van der Waals surface area contributed by atoms with E-state index in [1.54, 1.807) is 0 Å². The predicted molar refractivity (Wildman–Crippen MR) is 76.0 cm³/mol. The molecule has 0 bridgehead atoms. The molecule has 0 saturated carbocycles. The highest BCUT2D eigenvalue weighted by molar-refractivity contribution is 4.96. The van der Waals surface area contributed by atoms with E-state index in [1.807, 2.05) is 0 Å². The molecule has 2 aliphatic rings. The van der Waals surface area contributed by atoms with Crippen LogP contribution in [0, 0.1) is 0 Å². The standard InChI is InChI=1S/C14H24N4O3/c1-10(2)18-4-6-20-12(8-18)14-16-13(21-17-14)7-11-9-19-5-3-15-11/h10-12,15H,3-9H2,1-2H3. The number of nitrogens with zero attached hydrogens (tertiary/aromatic N) is 3. The molecule has 1 N–H and O–H groups in total. The Hall–Kier alpha value is -1.02. The fourth-order valence-corrected chi connectivity index (χ4v) is 2.74. The van der Waals surface area contributed by atoms with Gasteiger partial charge < -0.3 is 19.3 Å². The number of morpholine rings is 2.